The number of aliphatic hydroxyl groups excluding tert-OH is 1. The lowest BCUT2D eigenvalue weighted by Crippen LogP contribution is -2.30. The number of hydrogen-bond donors (Lipinski definition) is 1. The Balaban J connectivity index is 0.000000153. The molecule has 1 N–H and O–H groups in total. The van der Waals surface area contributed by atoms with E-state index in [0.29, 0.717) is 16.7 Å². The smallest absolute Gasteiger partial charge is 0.147 e. The molecule has 8 heterocycles. The molecule has 16 nitrogen and oxygen atoms in total. The van der Waals surface area contributed by atoms with Crippen molar-refractivity contribution in [2.45, 2.75) is 163 Å². The molecular formula is C72H98BrCl2N15O. The highest BCUT2D eigenvalue weighted by Gasteiger charge is 2.26. The molecule has 19 heteroatoms. The number of alkyl halides is 2. The third-order valence-corrected chi connectivity index (χ3v) is 19.7. The van der Waals surface area contributed by atoms with Crippen LogP contribution in [0.5, 0.6) is 0 Å². The molecular weight excluding hydrogens is 1240 g/mol. The van der Waals surface area contributed by atoms with Gasteiger partial charge in [-0.2, -0.15) is 15.8 Å². The van der Waals surface area contributed by atoms with Gasteiger partial charge in [-0.25, -0.2) is 19.9 Å². The molecule has 0 saturated heterocycles. The minimum Gasteiger partial charge on any atom is -0.392 e. The summed E-state index contributed by atoms with van der Waals surface area (Å²) in [6, 6.07) is 17.0. The second-order valence-corrected chi connectivity index (χ2v) is 28.1. The molecule has 0 aromatic carbocycles. The molecule has 4 aliphatic rings. The number of pyridine rings is 4. The van der Waals surface area contributed by atoms with Crippen molar-refractivity contribution < 1.29 is 5.11 Å². The van der Waals surface area contributed by atoms with Gasteiger partial charge in [0.15, 0.2) is 0 Å². The maximum Gasteiger partial charge on any atom is 0.147 e. The summed E-state index contributed by atoms with van der Waals surface area (Å²) in [7, 11) is 8.01. The van der Waals surface area contributed by atoms with Gasteiger partial charge in [-0.3, -0.25) is 0 Å². The zero-order valence-electron chi connectivity index (χ0n) is 56.0. The number of hydrogen-bond acceptors (Lipinski definition) is 12. The molecule has 0 radical (unpaired) electrons. The van der Waals surface area contributed by atoms with Crippen LogP contribution in [-0.4, -0.2) is 101 Å². The molecule has 8 aromatic heterocycles. The van der Waals surface area contributed by atoms with Gasteiger partial charge in [-0.15, -0.1) is 23.2 Å². The average molecular weight is 1340 g/mol. The molecule has 12 rings (SSSR count). The Morgan fingerprint density at radius 1 is 0.505 bits per heavy atom. The van der Waals surface area contributed by atoms with Crippen molar-refractivity contribution in [1.29, 1.82) is 15.8 Å². The first kappa shape index (κ1) is 70.3. The van der Waals surface area contributed by atoms with E-state index >= 15 is 0 Å². The number of fused-ring (bicyclic) bond motifs is 4. The van der Waals surface area contributed by atoms with Crippen LogP contribution in [0.25, 0.3) is 44.1 Å². The predicted molar refractivity (Wildman–Crippen MR) is 381 cm³/mol. The number of aryl methyl sites for hydroxylation is 6. The van der Waals surface area contributed by atoms with Gasteiger partial charge >= 0.3 is 0 Å². The van der Waals surface area contributed by atoms with Crippen molar-refractivity contribution in [1.82, 2.24) is 38.2 Å². The minimum atomic E-state index is -0.222. The fourth-order valence-corrected chi connectivity index (χ4v) is 14.8. The molecule has 4 saturated carbocycles. The first-order valence-corrected chi connectivity index (χ1v) is 35.2. The Morgan fingerprint density at radius 3 is 1.20 bits per heavy atom. The largest absolute Gasteiger partial charge is 0.392 e. The van der Waals surface area contributed by atoms with E-state index in [-0.39, 0.29) is 11.4 Å². The van der Waals surface area contributed by atoms with Crippen LogP contribution < -0.4 is 19.6 Å². The number of aromatic nitrogens is 8. The van der Waals surface area contributed by atoms with Gasteiger partial charge in [0.05, 0.1) is 66.4 Å². The number of rotatable bonds is 17. The summed E-state index contributed by atoms with van der Waals surface area (Å²) in [5.41, 5.74) is 13.5. The van der Waals surface area contributed by atoms with Gasteiger partial charge in [-0.05, 0) is 181 Å². The second-order valence-electron chi connectivity index (χ2n) is 25.7. The van der Waals surface area contributed by atoms with Crippen LogP contribution in [-0.2, 0) is 34.8 Å². The monoisotopic (exact) mass is 1340 g/mol. The molecule has 0 unspecified atom stereocenters. The molecule has 91 heavy (non-hydrogen) atoms. The first-order valence-electron chi connectivity index (χ1n) is 33.5. The van der Waals surface area contributed by atoms with Gasteiger partial charge in [-0.1, -0.05) is 51.4 Å². The molecule has 0 aliphatic heterocycles. The number of nitriles is 3. The SMILES string of the molecule is CC(Cl)Cl.CCN(CC1CCCC1)c1nc2c(Br)cn(C)c2cc1C#N.CCN(CC1CCCC1)c1nc2c(C)cn(C)c2cc1C#N.CCN(CC1CCCC1)c1nc2c(C)cn(C)c2cc1CO.CCN(CC1CCCC1)c1nc2ccn(C)c2cc1C#N. The molecule has 4 aliphatic carbocycles. The standard InChI is InChI=1S/C18H24N4.C18H27N3O.C17H21BrN4.C17H22N4.C2H4Cl2/c1-4-22(12-14-7-5-6-8-14)18-15(10-19)9-16-17(20-18)13(2)11-21(16)3;1-4-21(11-14-7-5-6-8-14)18-15(12-22)9-16-17(19-18)13(2)10-20(16)3;1-3-22(10-12-6-4-5-7-12)17-13(9-19)8-15-16(20-17)14(18)11-21(15)2;1-3-21(12-13-6-4-5-7-13)17-14(11-18)10-16-15(19-17)8-9-20(16)2;1-2(3)4/h9,11,14H,4-8,12H2,1-3H3;9-10,14,22H,4-8,11-12H2,1-3H3;8,11-12H,3-7,10H2,1-2H3;8-10,13H,3-7,12H2,1-2H3;2H,1H3. The lowest BCUT2D eigenvalue weighted by Gasteiger charge is -2.27. The highest BCUT2D eigenvalue weighted by molar-refractivity contribution is 9.10. The van der Waals surface area contributed by atoms with Crippen LogP contribution in [0.2, 0.25) is 0 Å². The Kier molecular flexibility index (Phi) is 25.8. The van der Waals surface area contributed by atoms with E-state index in [0.717, 1.165) is 153 Å². The Labute approximate surface area is 559 Å². The van der Waals surface area contributed by atoms with Crippen LogP contribution in [0.1, 0.15) is 171 Å². The van der Waals surface area contributed by atoms with Crippen LogP contribution in [0.4, 0.5) is 23.3 Å². The number of nitrogens with zero attached hydrogens (tertiary/aromatic N) is 15. The molecule has 0 spiro atoms. The van der Waals surface area contributed by atoms with Gasteiger partial charge in [0.2, 0.25) is 0 Å². The first-order chi connectivity index (χ1) is 43.9. The van der Waals surface area contributed by atoms with Crippen LogP contribution in [0.15, 0.2) is 59.6 Å². The molecule has 4 fully saturated rings. The maximum absolute atomic E-state index is 9.80. The van der Waals surface area contributed by atoms with Crippen molar-refractivity contribution in [3.05, 3.63) is 93.0 Å². The number of anilines is 4. The quantitative estimate of drug-likeness (QED) is 0.0855. The third-order valence-electron chi connectivity index (χ3n) is 19.1. The van der Waals surface area contributed by atoms with E-state index in [1.165, 1.54) is 114 Å². The van der Waals surface area contributed by atoms with Gasteiger partial charge in [0.1, 0.15) is 51.8 Å². The van der Waals surface area contributed by atoms with E-state index in [1.54, 1.807) is 6.92 Å². The summed E-state index contributed by atoms with van der Waals surface area (Å²) in [6.07, 6.45) is 29.5. The van der Waals surface area contributed by atoms with Crippen molar-refractivity contribution in [2.24, 2.45) is 51.9 Å². The van der Waals surface area contributed by atoms with Gasteiger partial charge in [0.25, 0.3) is 0 Å². The summed E-state index contributed by atoms with van der Waals surface area (Å²) < 4.78 is 9.14. The Hall–Kier alpha value is -6.55. The maximum atomic E-state index is 9.80. The molecule has 0 atom stereocenters. The van der Waals surface area contributed by atoms with E-state index in [4.69, 9.17) is 43.1 Å². The third kappa shape index (κ3) is 17.4. The molecule has 488 valence electrons. The fourth-order valence-electron chi connectivity index (χ4n) is 14.2. The summed E-state index contributed by atoms with van der Waals surface area (Å²) in [6.45, 7) is 22.3. The number of halogens is 3. The summed E-state index contributed by atoms with van der Waals surface area (Å²) in [5, 5.41) is 38.4. The Morgan fingerprint density at radius 2 is 0.824 bits per heavy atom. The normalized spacial score (nSPS) is 15.2. The minimum absolute atomic E-state index is 0.0453. The lowest BCUT2D eigenvalue weighted by atomic mass is 10.1. The van der Waals surface area contributed by atoms with Crippen molar-refractivity contribution in [3.63, 3.8) is 0 Å². The van der Waals surface area contributed by atoms with Crippen molar-refractivity contribution >= 4 is 107 Å². The van der Waals surface area contributed by atoms with Crippen molar-refractivity contribution in [2.75, 3.05) is 72.0 Å². The highest BCUT2D eigenvalue weighted by atomic mass is 79.9. The van der Waals surface area contributed by atoms with E-state index in [2.05, 4.69) is 123 Å². The van der Waals surface area contributed by atoms with Crippen LogP contribution >= 0.6 is 39.1 Å². The fraction of sp³-hybridized carbons (Fsp3) is 0.569. The summed E-state index contributed by atoms with van der Waals surface area (Å²) >= 11 is 13.7. The van der Waals surface area contributed by atoms with Gasteiger partial charge < -0.3 is 43.0 Å². The zero-order chi connectivity index (χ0) is 65.5. The highest BCUT2D eigenvalue weighted by Crippen LogP contribution is 2.36. The Bertz CT molecular complexity index is 3690. The molecule has 0 bridgehead atoms. The predicted octanol–water partition coefficient (Wildman–Crippen LogP) is 16.7. The van der Waals surface area contributed by atoms with Crippen molar-refractivity contribution in [3.8, 4) is 18.2 Å². The van der Waals surface area contributed by atoms with E-state index in [9.17, 15) is 20.9 Å². The summed E-state index contributed by atoms with van der Waals surface area (Å²) in [4.78, 5) is 28.3. The second kappa shape index (κ2) is 33.3. The van der Waals surface area contributed by atoms with Crippen LogP contribution in [0.3, 0.4) is 0 Å². The topological polar surface area (TPSA) is 176 Å². The summed E-state index contributed by atoms with van der Waals surface area (Å²) in [5.74, 6) is 6.54. The zero-order valence-corrected chi connectivity index (χ0v) is 59.1. The molecule has 8 aromatic rings. The van der Waals surface area contributed by atoms with E-state index < -0.39 is 0 Å². The number of aliphatic hydroxyl groups is 1. The van der Waals surface area contributed by atoms with E-state index in [1.807, 2.05) is 74.0 Å². The lowest BCUT2D eigenvalue weighted by molar-refractivity contribution is 0.281. The van der Waals surface area contributed by atoms with Crippen LogP contribution in [0, 0.1) is 71.5 Å². The molecule has 0 amide bonds. The van der Waals surface area contributed by atoms with Gasteiger partial charge in [0, 0.05) is 111 Å². The average Bonchev–Trinajstić information content (AvgIpc) is 1.76.